The number of fused-ring (bicyclic) bond motifs is 1. The van der Waals surface area contributed by atoms with Crippen molar-refractivity contribution < 1.29 is 13.2 Å². The minimum atomic E-state index is -3.42. The van der Waals surface area contributed by atoms with E-state index in [9.17, 15) is 13.2 Å². The van der Waals surface area contributed by atoms with Crippen LogP contribution in [0, 0.1) is 6.92 Å². The summed E-state index contributed by atoms with van der Waals surface area (Å²) in [7, 11) is -3.02. The second kappa shape index (κ2) is 2.59. The molecule has 0 aromatic heterocycles. The van der Waals surface area contributed by atoms with Gasteiger partial charge < -0.3 is 0 Å². The molecule has 13 heavy (non-hydrogen) atoms. The van der Waals surface area contributed by atoms with Crippen molar-refractivity contribution >= 4 is 24.8 Å². The van der Waals surface area contributed by atoms with E-state index < -0.39 is 8.87 Å². The standard InChI is InChI=1S/C8H6O3S2/c1-5-3-2-4-6-7(5)13(10,11)12-8(6)9/h2-4H,1H3. The summed E-state index contributed by atoms with van der Waals surface area (Å²) in [5.74, 6) is 0. The lowest BCUT2D eigenvalue weighted by Crippen LogP contribution is -1.93. The smallest absolute Gasteiger partial charge is 0.238 e. The number of carbonyl (C=O) groups excluding carboxylic acids is 1. The van der Waals surface area contributed by atoms with Crippen LogP contribution >= 0.6 is 10.8 Å². The van der Waals surface area contributed by atoms with Gasteiger partial charge in [0, 0.05) is 5.56 Å². The van der Waals surface area contributed by atoms with E-state index in [1.54, 1.807) is 25.1 Å². The van der Waals surface area contributed by atoms with Crippen LogP contribution in [0.1, 0.15) is 15.9 Å². The molecule has 0 bridgehead atoms. The Hall–Kier alpha value is -0.810. The summed E-state index contributed by atoms with van der Waals surface area (Å²) in [5, 5.41) is -0.376. The van der Waals surface area contributed by atoms with Crippen LogP contribution in [0.25, 0.3) is 0 Å². The molecule has 0 saturated carbocycles. The zero-order valence-electron chi connectivity index (χ0n) is 6.77. The summed E-state index contributed by atoms with van der Waals surface area (Å²) < 4.78 is 22.9. The van der Waals surface area contributed by atoms with Crippen LogP contribution in [-0.4, -0.2) is 13.5 Å². The van der Waals surface area contributed by atoms with Gasteiger partial charge in [0.05, 0.1) is 15.7 Å². The molecule has 1 aromatic rings. The molecule has 0 atom stereocenters. The Morgan fingerprint density at radius 1 is 1.31 bits per heavy atom. The fraction of sp³-hybridized carbons (Fsp3) is 0.125. The van der Waals surface area contributed by atoms with Crippen molar-refractivity contribution in [2.75, 3.05) is 0 Å². The van der Waals surface area contributed by atoms with Crippen molar-refractivity contribution in [2.45, 2.75) is 11.8 Å². The topological polar surface area (TPSA) is 51.2 Å². The van der Waals surface area contributed by atoms with Gasteiger partial charge in [-0.05, 0) is 18.6 Å². The molecule has 68 valence electrons. The van der Waals surface area contributed by atoms with E-state index >= 15 is 0 Å². The number of benzene rings is 1. The molecule has 0 amide bonds. The summed E-state index contributed by atoms with van der Waals surface area (Å²) in [4.78, 5) is 11.4. The van der Waals surface area contributed by atoms with E-state index in [0.717, 1.165) is 0 Å². The Labute approximate surface area is 79.5 Å². The first-order valence-electron chi connectivity index (χ1n) is 3.61. The molecule has 0 radical (unpaired) electrons. The predicted octanol–water partition coefficient (Wildman–Crippen LogP) is 1.57. The van der Waals surface area contributed by atoms with Crippen LogP contribution in [0.15, 0.2) is 23.1 Å². The van der Waals surface area contributed by atoms with Gasteiger partial charge in [-0.25, -0.2) is 8.42 Å². The first-order valence-corrected chi connectivity index (χ1v) is 6.42. The van der Waals surface area contributed by atoms with Gasteiger partial charge in [-0.15, -0.1) is 0 Å². The fourth-order valence-corrected chi connectivity index (χ4v) is 4.61. The molecule has 0 aliphatic carbocycles. The normalized spacial score (nSPS) is 18.7. The Kier molecular flexibility index (Phi) is 1.75. The van der Waals surface area contributed by atoms with Crippen LogP contribution in [-0.2, 0) is 8.87 Å². The van der Waals surface area contributed by atoms with E-state index in [1.807, 2.05) is 0 Å². The monoisotopic (exact) mass is 214 g/mol. The van der Waals surface area contributed by atoms with Gasteiger partial charge in [0.2, 0.25) is 14.0 Å². The van der Waals surface area contributed by atoms with Crippen molar-refractivity contribution in [3.8, 4) is 0 Å². The van der Waals surface area contributed by atoms with E-state index in [0.29, 0.717) is 21.9 Å². The van der Waals surface area contributed by atoms with Crippen LogP contribution in [0.2, 0.25) is 0 Å². The third-order valence-electron chi connectivity index (χ3n) is 1.87. The van der Waals surface area contributed by atoms with Crippen LogP contribution < -0.4 is 0 Å². The van der Waals surface area contributed by atoms with Crippen LogP contribution in [0.5, 0.6) is 0 Å². The maximum atomic E-state index is 11.4. The van der Waals surface area contributed by atoms with Gasteiger partial charge in [0.25, 0.3) is 0 Å². The summed E-state index contributed by atoms with van der Waals surface area (Å²) in [6.07, 6.45) is 0. The highest BCUT2D eigenvalue weighted by Gasteiger charge is 2.35. The van der Waals surface area contributed by atoms with Crippen molar-refractivity contribution in [3.63, 3.8) is 0 Å². The van der Waals surface area contributed by atoms with Crippen molar-refractivity contribution in [1.82, 2.24) is 0 Å². The summed E-state index contributed by atoms with van der Waals surface area (Å²) in [6.45, 7) is 1.69. The molecule has 0 saturated heterocycles. The lowest BCUT2D eigenvalue weighted by molar-refractivity contribution is 0.108. The minimum Gasteiger partial charge on any atom is -0.280 e. The first kappa shape index (κ1) is 8.77. The molecular formula is C8H6O3S2. The second-order valence-electron chi connectivity index (χ2n) is 2.78. The van der Waals surface area contributed by atoms with Crippen molar-refractivity contribution in [2.24, 2.45) is 0 Å². The molecule has 0 fully saturated rings. The second-order valence-corrected chi connectivity index (χ2v) is 6.45. The molecule has 1 aromatic carbocycles. The Balaban J connectivity index is 2.89. The highest BCUT2D eigenvalue weighted by atomic mass is 33.1. The van der Waals surface area contributed by atoms with E-state index in [1.165, 1.54) is 0 Å². The largest absolute Gasteiger partial charge is 0.280 e. The minimum absolute atomic E-state index is 0.185. The fourth-order valence-electron chi connectivity index (χ4n) is 1.33. The molecule has 0 unspecified atom stereocenters. The van der Waals surface area contributed by atoms with Gasteiger partial charge in [-0.2, -0.15) is 0 Å². The molecular weight excluding hydrogens is 208 g/mol. The maximum Gasteiger partial charge on any atom is 0.238 e. The quantitative estimate of drug-likeness (QED) is 0.615. The molecule has 0 N–H and O–H groups in total. The molecule has 2 rings (SSSR count). The Morgan fingerprint density at radius 2 is 2.00 bits per heavy atom. The van der Waals surface area contributed by atoms with Crippen LogP contribution in [0.3, 0.4) is 0 Å². The van der Waals surface area contributed by atoms with Crippen molar-refractivity contribution in [1.29, 1.82) is 0 Å². The van der Waals surface area contributed by atoms with Gasteiger partial charge in [0.1, 0.15) is 0 Å². The molecule has 1 aliphatic heterocycles. The van der Waals surface area contributed by atoms with Gasteiger partial charge >= 0.3 is 0 Å². The molecule has 5 heteroatoms. The van der Waals surface area contributed by atoms with Gasteiger partial charge in [-0.3, -0.25) is 4.79 Å². The van der Waals surface area contributed by atoms with E-state index in [-0.39, 0.29) is 10.0 Å². The third-order valence-corrected chi connectivity index (χ3v) is 5.11. The zero-order chi connectivity index (χ0) is 9.64. The average molecular weight is 214 g/mol. The lowest BCUT2D eigenvalue weighted by atomic mass is 10.1. The number of hydrogen-bond donors (Lipinski definition) is 0. The molecule has 1 heterocycles. The van der Waals surface area contributed by atoms with E-state index in [4.69, 9.17) is 0 Å². The first-order chi connectivity index (χ1) is 6.02. The number of aryl methyl sites for hydroxylation is 1. The van der Waals surface area contributed by atoms with Gasteiger partial charge in [-0.1, -0.05) is 12.1 Å². The number of rotatable bonds is 0. The molecule has 1 aliphatic rings. The SMILES string of the molecule is Cc1cccc2c1S(=O)(=O)SC2=O. The summed E-state index contributed by atoms with van der Waals surface area (Å²) >= 11 is 0. The highest BCUT2D eigenvalue weighted by Crippen LogP contribution is 2.39. The molecule has 3 nitrogen and oxygen atoms in total. The Morgan fingerprint density at radius 3 is 2.62 bits per heavy atom. The van der Waals surface area contributed by atoms with E-state index in [2.05, 4.69) is 0 Å². The number of carbonyl (C=O) groups is 1. The zero-order valence-corrected chi connectivity index (χ0v) is 8.41. The molecule has 0 spiro atoms. The summed E-state index contributed by atoms with van der Waals surface area (Å²) in [5.41, 5.74) is 0.945. The van der Waals surface area contributed by atoms with Crippen molar-refractivity contribution in [3.05, 3.63) is 29.3 Å². The summed E-state index contributed by atoms with van der Waals surface area (Å²) in [6, 6.07) is 4.92. The van der Waals surface area contributed by atoms with Gasteiger partial charge in [0.15, 0.2) is 0 Å². The number of hydrogen-bond acceptors (Lipinski definition) is 4. The average Bonchev–Trinajstić information content (AvgIpc) is 2.24. The van der Waals surface area contributed by atoms with Crippen LogP contribution in [0.4, 0.5) is 0 Å². The third kappa shape index (κ3) is 1.19. The lowest BCUT2D eigenvalue weighted by Gasteiger charge is -1.98. The Bertz CT molecular complexity index is 488. The highest BCUT2D eigenvalue weighted by molar-refractivity contribution is 8.78. The predicted molar refractivity (Wildman–Crippen MR) is 50.3 cm³/mol. The maximum absolute atomic E-state index is 11.4.